The summed E-state index contributed by atoms with van der Waals surface area (Å²) < 4.78 is 6.61. The Bertz CT molecular complexity index is 435. The molecule has 0 aliphatic carbocycles. The topological polar surface area (TPSA) is 64.3 Å². The Hall–Kier alpha value is -1.07. The van der Waals surface area contributed by atoms with Gasteiger partial charge < -0.3 is 15.8 Å². The van der Waals surface area contributed by atoms with E-state index in [1.165, 1.54) is 0 Å². The van der Waals surface area contributed by atoms with Crippen molar-refractivity contribution in [1.29, 1.82) is 0 Å². The lowest BCUT2D eigenvalue weighted by Crippen LogP contribution is -2.36. The highest BCUT2D eigenvalue weighted by molar-refractivity contribution is 9.10. The van der Waals surface area contributed by atoms with Crippen molar-refractivity contribution < 1.29 is 9.53 Å². The molecule has 1 aromatic rings. The Morgan fingerprint density at radius 2 is 2.16 bits per heavy atom. The monoisotopic (exact) mass is 328 g/mol. The van der Waals surface area contributed by atoms with Crippen molar-refractivity contribution in [3.05, 3.63) is 28.2 Å². The van der Waals surface area contributed by atoms with E-state index in [2.05, 4.69) is 21.2 Å². The second-order valence-corrected chi connectivity index (χ2v) is 5.42. The zero-order chi connectivity index (χ0) is 14.4. The van der Waals surface area contributed by atoms with E-state index in [0.717, 1.165) is 10.0 Å². The number of halogens is 1. The predicted molar refractivity (Wildman–Crippen MR) is 80.3 cm³/mol. The van der Waals surface area contributed by atoms with Gasteiger partial charge in [-0.25, -0.2) is 0 Å². The van der Waals surface area contributed by atoms with Gasteiger partial charge in [-0.05, 0) is 54.8 Å². The van der Waals surface area contributed by atoms with Gasteiger partial charge in [0.2, 0.25) is 0 Å². The normalized spacial score (nSPS) is 13.7. The standard InChI is InChI=1S/C14H21BrN2O2/c1-4-17-14(18)10(3)19-13-11(8-9(2)16)6-5-7-12(13)15/h5-7,9-10H,4,8,16H2,1-3H3,(H,17,18). The van der Waals surface area contributed by atoms with Gasteiger partial charge in [0.25, 0.3) is 5.91 Å². The Morgan fingerprint density at radius 1 is 1.47 bits per heavy atom. The minimum Gasteiger partial charge on any atom is -0.479 e. The van der Waals surface area contributed by atoms with Crippen LogP contribution in [0, 0.1) is 0 Å². The van der Waals surface area contributed by atoms with Crippen molar-refractivity contribution >= 4 is 21.8 Å². The molecule has 0 saturated heterocycles. The van der Waals surface area contributed by atoms with Crippen LogP contribution in [0.1, 0.15) is 26.3 Å². The van der Waals surface area contributed by atoms with Crippen LogP contribution in [-0.4, -0.2) is 24.6 Å². The molecular formula is C14H21BrN2O2. The van der Waals surface area contributed by atoms with Crippen molar-refractivity contribution in [2.45, 2.75) is 39.3 Å². The molecule has 0 fully saturated rings. The lowest BCUT2D eigenvalue weighted by Gasteiger charge is -2.19. The summed E-state index contributed by atoms with van der Waals surface area (Å²) in [5.41, 5.74) is 6.83. The van der Waals surface area contributed by atoms with Gasteiger partial charge in [0.1, 0.15) is 5.75 Å². The minimum atomic E-state index is -0.537. The number of rotatable bonds is 6. The minimum absolute atomic E-state index is 0.0384. The number of nitrogens with two attached hydrogens (primary N) is 1. The molecule has 2 atom stereocenters. The van der Waals surface area contributed by atoms with Crippen LogP contribution in [-0.2, 0) is 11.2 Å². The molecule has 2 unspecified atom stereocenters. The lowest BCUT2D eigenvalue weighted by atomic mass is 10.1. The number of ether oxygens (including phenoxy) is 1. The van der Waals surface area contributed by atoms with Crippen molar-refractivity contribution in [2.75, 3.05) is 6.54 Å². The smallest absolute Gasteiger partial charge is 0.260 e. The maximum atomic E-state index is 11.7. The Morgan fingerprint density at radius 3 is 2.74 bits per heavy atom. The highest BCUT2D eigenvalue weighted by Gasteiger charge is 2.17. The quantitative estimate of drug-likeness (QED) is 0.841. The van der Waals surface area contributed by atoms with E-state index >= 15 is 0 Å². The largest absolute Gasteiger partial charge is 0.479 e. The predicted octanol–water partition coefficient (Wildman–Crippen LogP) is 2.24. The molecule has 0 bridgehead atoms. The molecule has 5 heteroatoms. The first-order valence-corrected chi connectivity index (χ1v) is 7.22. The Kier molecular flexibility index (Phi) is 6.31. The summed E-state index contributed by atoms with van der Waals surface area (Å²) in [5.74, 6) is 0.573. The van der Waals surface area contributed by atoms with Gasteiger partial charge in [-0.1, -0.05) is 12.1 Å². The van der Waals surface area contributed by atoms with Crippen LogP contribution >= 0.6 is 15.9 Å². The van der Waals surface area contributed by atoms with Gasteiger partial charge in [0.15, 0.2) is 6.10 Å². The SMILES string of the molecule is CCNC(=O)C(C)Oc1c(Br)cccc1CC(C)N. The van der Waals surface area contributed by atoms with Crippen LogP contribution in [0.4, 0.5) is 0 Å². The first-order valence-electron chi connectivity index (χ1n) is 6.43. The average Bonchev–Trinajstić information content (AvgIpc) is 2.33. The Labute approximate surface area is 122 Å². The molecule has 0 aliphatic heterocycles. The third-order valence-electron chi connectivity index (χ3n) is 2.61. The van der Waals surface area contributed by atoms with E-state index in [0.29, 0.717) is 18.7 Å². The van der Waals surface area contributed by atoms with Crippen molar-refractivity contribution in [2.24, 2.45) is 5.73 Å². The Balaban J connectivity index is 2.89. The lowest BCUT2D eigenvalue weighted by molar-refractivity contribution is -0.127. The maximum absolute atomic E-state index is 11.7. The summed E-state index contributed by atoms with van der Waals surface area (Å²) in [7, 11) is 0. The zero-order valence-electron chi connectivity index (χ0n) is 11.6. The molecule has 0 radical (unpaired) electrons. The molecule has 0 aromatic heterocycles. The van der Waals surface area contributed by atoms with Crippen LogP contribution < -0.4 is 15.8 Å². The van der Waals surface area contributed by atoms with E-state index in [-0.39, 0.29) is 11.9 Å². The number of hydrogen-bond acceptors (Lipinski definition) is 3. The number of para-hydroxylation sites is 1. The van der Waals surface area contributed by atoms with E-state index < -0.39 is 6.10 Å². The van der Waals surface area contributed by atoms with Crippen molar-refractivity contribution in [3.63, 3.8) is 0 Å². The number of amides is 1. The van der Waals surface area contributed by atoms with Gasteiger partial charge in [-0.2, -0.15) is 0 Å². The van der Waals surface area contributed by atoms with Gasteiger partial charge in [0.05, 0.1) is 4.47 Å². The summed E-state index contributed by atoms with van der Waals surface area (Å²) in [5, 5.41) is 2.74. The summed E-state index contributed by atoms with van der Waals surface area (Å²) >= 11 is 3.46. The fourth-order valence-corrected chi connectivity index (χ4v) is 2.24. The summed E-state index contributed by atoms with van der Waals surface area (Å²) in [6.07, 6.45) is 0.169. The van der Waals surface area contributed by atoms with E-state index in [1.54, 1.807) is 6.92 Å². The highest BCUT2D eigenvalue weighted by Crippen LogP contribution is 2.30. The first kappa shape index (κ1) is 16.0. The third-order valence-corrected chi connectivity index (χ3v) is 3.23. The van der Waals surface area contributed by atoms with Crippen LogP contribution in [0.25, 0.3) is 0 Å². The fraction of sp³-hybridized carbons (Fsp3) is 0.500. The molecular weight excluding hydrogens is 308 g/mol. The maximum Gasteiger partial charge on any atom is 0.260 e. The third kappa shape index (κ3) is 4.84. The first-order chi connectivity index (χ1) is 8.95. The van der Waals surface area contributed by atoms with E-state index in [1.807, 2.05) is 32.0 Å². The number of likely N-dealkylation sites (N-methyl/N-ethyl adjacent to an activating group) is 1. The molecule has 0 saturated carbocycles. The molecule has 106 valence electrons. The molecule has 3 N–H and O–H groups in total. The molecule has 0 aliphatic rings. The van der Waals surface area contributed by atoms with Gasteiger partial charge in [-0.3, -0.25) is 4.79 Å². The number of carbonyl (C=O) groups is 1. The summed E-state index contributed by atoms with van der Waals surface area (Å²) in [4.78, 5) is 11.7. The molecule has 0 spiro atoms. The fourth-order valence-electron chi connectivity index (χ4n) is 1.74. The van der Waals surface area contributed by atoms with Gasteiger partial charge in [0, 0.05) is 12.6 Å². The van der Waals surface area contributed by atoms with Crippen LogP contribution in [0.5, 0.6) is 5.75 Å². The van der Waals surface area contributed by atoms with Crippen LogP contribution in [0.3, 0.4) is 0 Å². The molecule has 1 aromatic carbocycles. The molecule has 0 heterocycles. The molecule has 1 rings (SSSR count). The number of benzene rings is 1. The van der Waals surface area contributed by atoms with Crippen LogP contribution in [0.2, 0.25) is 0 Å². The molecule has 1 amide bonds. The number of hydrogen-bond donors (Lipinski definition) is 2. The average molecular weight is 329 g/mol. The summed E-state index contributed by atoms with van der Waals surface area (Å²) in [6.45, 7) is 6.15. The zero-order valence-corrected chi connectivity index (χ0v) is 13.2. The van der Waals surface area contributed by atoms with Gasteiger partial charge >= 0.3 is 0 Å². The van der Waals surface area contributed by atoms with Crippen molar-refractivity contribution in [1.82, 2.24) is 5.32 Å². The molecule has 4 nitrogen and oxygen atoms in total. The second kappa shape index (κ2) is 7.50. The second-order valence-electron chi connectivity index (χ2n) is 4.56. The van der Waals surface area contributed by atoms with Gasteiger partial charge in [-0.15, -0.1) is 0 Å². The number of carbonyl (C=O) groups excluding carboxylic acids is 1. The summed E-state index contributed by atoms with van der Waals surface area (Å²) in [6, 6.07) is 5.83. The van der Waals surface area contributed by atoms with E-state index in [9.17, 15) is 4.79 Å². The van der Waals surface area contributed by atoms with Crippen molar-refractivity contribution in [3.8, 4) is 5.75 Å². The van der Waals surface area contributed by atoms with Crippen LogP contribution in [0.15, 0.2) is 22.7 Å². The van der Waals surface area contributed by atoms with E-state index in [4.69, 9.17) is 10.5 Å². The molecule has 19 heavy (non-hydrogen) atoms. The highest BCUT2D eigenvalue weighted by atomic mass is 79.9. The number of nitrogens with one attached hydrogen (secondary N) is 1.